The number of rotatable bonds is 4. The van der Waals surface area contributed by atoms with Crippen LogP contribution in [0.15, 0.2) is 24.5 Å². The van der Waals surface area contributed by atoms with E-state index in [0.29, 0.717) is 6.42 Å². The molecular formula is C14H15N3O2S. The quantitative estimate of drug-likeness (QED) is 0.905. The van der Waals surface area contributed by atoms with E-state index >= 15 is 0 Å². The molecular weight excluding hydrogens is 274 g/mol. The molecule has 2 atom stereocenters. The highest BCUT2D eigenvalue weighted by atomic mass is 32.1. The summed E-state index contributed by atoms with van der Waals surface area (Å²) in [5.74, 6) is -1.22. The minimum absolute atomic E-state index is 0.0956. The van der Waals surface area contributed by atoms with E-state index in [1.807, 2.05) is 25.3 Å². The molecule has 0 radical (unpaired) electrons. The average molecular weight is 289 g/mol. The highest BCUT2D eigenvalue weighted by Crippen LogP contribution is 2.39. The van der Waals surface area contributed by atoms with E-state index in [1.54, 1.807) is 17.5 Å². The smallest absolute Gasteiger partial charge is 0.312 e. The molecule has 0 bridgehead atoms. The molecule has 5 nitrogen and oxygen atoms in total. The molecule has 0 aromatic carbocycles. The Morgan fingerprint density at radius 3 is 3.15 bits per heavy atom. The fourth-order valence-corrected chi connectivity index (χ4v) is 3.56. The fraction of sp³-hybridized carbons (Fsp3) is 0.357. The van der Waals surface area contributed by atoms with Gasteiger partial charge in [0, 0.05) is 17.3 Å². The number of nitrogens with one attached hydrogen (secondary N) is 1. The molecule has 104 valence electrons. The number of pyridine rings is 1. The Labute approximate surface area is 120 Å². The second-order valence-corrected chi connectivity index (χ2v) is 5.99. The number of hydrogen-bond donors (Lipinski definition) is 2. The van der Waals surface area contributed by atoms with Crippen molar-refractivity contribution in [2.45, 2.75) is 31.7 Å². The fourth-order valence-electron chi connectivity index (χ4n) is 2.43. The first-order valence-electron chi connectivity index (χ1n) is 6.54. The number of hydrogen-bond acceptors (Lipinski definition) is 5. The van der Waals surface area contributed by atoms with Crippen LogP contribution in [-0.2, 0) is 11.2 Å². The van der Waals surface area contributed by atoms with E-state index in [0.717, 1.165) is 27.7 Å². The van der Waals surface area contributed by atoms with Gasteiger partial charge in [-0.1, -0.05) is 6.07 Å². The van der Waals surface area contributed by atoms with Gasteiger partial charge in [0.25, 0.3) is 0 Å². The zero-order valence-electron chi connectivity index (χ0n) is 11.0. The number of fused-ring (bicyclic) bond motifs is 1. The Morgan fingerprint density at radius 2 is 2.45 bits per heavy atom. The number of nitrogens with zero attached hydrogens (tertiary/aromatic N) is 2. The lowest BCUT2D eigenvalue weighted by Gasteiger charge is -2.12. The van der Waals surface area contributed by atoms with Crippen LogP contribution in [0.3, 0.4) is 0 Å². The SMILES string of the molecule is CC(Nc1nc2c(s1)CCC2C(=O)O)c1cccnc1. The number of anilines is 1. The number of aromatic nitrogens is 2. The van der Waals surface area contributed by atoms with Crippen molar-refractivity contribution < 1.29 is 9.90 Å². The summed E-state index contributed by atoms with van der Waals surface area (Å²) >= 11 is 1.56. The third-order valence-corrected chi connectivity index (χ3v) is 4.60. The number of carboxylic acid groups (broad SMARTS) is 1. The molecule has 0 saturated heterocycles. The second kappa shape index (κ2) is 5.20. The van der Waals surface area contributed by atoms with E-state index in [1.165, 1.54) is 0 Å². The highest BCUT2D eigenvalue weighted by Gasteiger charge is 2.32. The van der Waals surface area contributed by atoms with E-state index in [2.05, 4.69) is 15.3 Å². The lowest BCUT2D eigenvalue weighted by Crippen LogP contribution is -2.10. The Kier molecular flexibility index (Phi) is 3.40. The van der Waals surface area contributed by atoms with E-state index in [-0.39, 0.29) is 6.04 Å². The summed E-state index contributed by atoms with van der Waals surface area (Å²) in [5.41, 5.74) is 1.82. The van der Waals surface area contributed by atoms with E-state index in [4.69, 9.17) is 5.11 Å². The van der Waals surface area contributed by atoms with Gasteiger partial charge in [0.15, 0.2) is 5.13 Å². The van der Waals surface area contributed by atoms with Gasteiger partial charge in [0.2, 0.25) is 0 Å². The monoisotopic (exact) mass is 289 g/mol. The molecule has 2 heterocycles. The molecule has 2 unspecified atom stereocenters. The van der Waals surface area contributed by atoms with Crippen molar-refractivity contribution in [3.05, 3.63) is 40.7 Å². The van der Waals surface area contributed by atoms with Crippen LogP contribution in [0.4, 0.5) is 5.13 Å². The van der Waals surface area contributed by atoms with Gasteiger partial charge >= 0.3 is 5.97 Å². The Hall–Kier alpha value is -1.95. The first kappa shape index (κ1) is 13.1. The van der Waals surface area contributed by atoms with Gasteiger partial charge in [-0.3, -0.25) is 9.78 Å². The van der Waals surface area contributed by atoms with Gasteiger partial charge in [0.05, 0.1) is 11.7 Å². The van der Waals surface area contributed by atoms with Crippen molar-refractivity contribution in [2.75, 3.05) is 5.32 Å². The molecule has 2 aromatic rings. The lowest BCUT2D eigenvalue weighted by molar-refractivity contribution is -0.138. The molecule has 1 aliphatic rings. The lowest BCUT2D eigenvalue weighted by atomic mass is 10.1. The third-order valence-electron chi connectivity index (χ3n) is 3.54. The molecule has 3 rings (SSSR count). The maximum Gasteiger partial charge on any atom is 0.312 e. The summed E-state index contributed by atoms with van der Waals surface area (Å²) in [4.78, 5) is 20.8. The standard InChI is InChI=1S/C14H15N3O2S/c1-8(9-3-2-6-15-7-9)16-14-17-12-10(13(18)19)4-5-11(12)20-14/h2-3,6-8,10H,4-5H2,1H3,(H,16,17)(H,18,19). The van der Waals surface area contributed by atoms with Crippen LogP contribution < -0.4 is 5.32 Å². The third kappa shape index (κ3) is 2.38. The first-order chi connectivity index (χ1) is 9.65. The van der Waals surface area contributed by atoms with Crippen molar-refractivity contribution in [3.63, 3.8) is 0 Å². The van der Waals surface area contributed by atoms with Gasteiger partial charge in [-0.25, -0.2) is 4.98 Å². The molecule has 6 heteroatoms. The number of aryl methyl sites for hydroxylation is 1. The minimum atomic E-state index is -0.777. The van der Waals surface area contributed by atoms with Gasteiger partial charge in [-0.2, -0.15) is 0 Å². The zero-order chi connectivity index (χ0) is 14.1. The highest BCUT2D eigenvalue weighted by molar-refractivity contribution is 7.15. The van der Waals surface area contributed by atoms with Crippen LogP contribution in [0.2, 0.25) is 0 Å². The normalized spacial score (nSPS) is 18.6. The summed E-state index contributed by atoms with van der Waals surface area (Å²) in [6, 6.07) is 4.00. The van der Waals surface area contributed by atoms with Crippen molar-refractivity contribution in [3.8, 4) is 0 Å². The van der Waals surface area contributed by atoms with E-state index < -0.39 is 11.9 Å². The Morgan fingerprint density at radius 1 is 1.60 bits per heavy atom. The van der Waals surface area contributed by atoms with Crippen LogP contribution in [0.5, 0.6) is 0 Å². The molecule has 0 fully saturated rings. The molecule has 0 saturated carbocycles. The maximum absolute atomic E-state index is 11.2. The van der Waals surface area contributed by atoms with Gasteiger partial charge in [-0.05, 0) is 31.4 Å². The second-order valence-electron chi connectivity index (χ2n) is 4.91. The molecule has 0 aliphatic heterocycles. The molecule has 0 amide bonds. The summed E-state index contributed by atoms with van der Waals surface area (Å²) < 4.78 is 0. The van der Waals surface area contributed by atoms with Crippen LogP contribution in [0, 0.1) is 0 Å². The average Bonchev–Trinajstić information content (AvgIpc) is 2.98. The first-order valence-corrected chi connectivity index (χ1v) is 7.35. The zero-order valence-corrected chi connectivity index (χ0v) is 11.9. The summed E-state index contributed by atoms with van der Waals surface area (Å²) in [6.45, 7) is 2.04. The number of thiazole rings is 1. The maximum atomic E-state index is 11.2. The Bertz CT molecular complexity index is 627. The molecule has 1 aliphatic carbocycles. The predicted molar refractivity (Wildman–Crippen MR) is 77.1 cm³/mol. The molecule has 0 spiro atoms. The predicted octanol–water partition coefficient (Wildman–Crippen LogP) is 2.83. The number of aliphatic carboxylic acids is 1. The van der Waals surface area contributed by atoms with Crippen molar-refractivity contribution in [1.29, 1.82) is 0 Å². The minimum Gasteiger partial charge on any atom is -0.481 e. The van der Waals surface area contributed by atoms with Crippen LogP contribution in [-0.4, -0.2) is 21.0 Å². The summed E-state index contributed by atoms with van der Waals surface area (Å²) in [7, 11) is 0. The topological polar surface area (TPSA) is 75.1 Å². The molecule has 2 aromatic heterocycles. The van der Waals surface area contributed by atoms with Crippen LogP contribution in [0.25, 0.3) is 0 Å². The van der Waals surface area contributed by atoms with Crippen LogP contribution in [0.1, 0.15) is 41.4 Å². The summed E-state index contributed by atoms with van der Waals surface area (Å²) in [5, 5.41) is 13.3. The van der Waals surface area contributed by atoms with Gasteiger partial charge < -0.3 is 10.4 Å². The number of carbonyl (C=O) groups is 1. The molecule has 20 heavy (non-hydrogen) atoms. The van der Waals surface area contributed by atoms with Crippen molar-refractivity contribution in [2.24, 2.45) is 0 Å². The van der Waals surface area contributed by atoms with E-state index in [9.17, 15) is 4.79 Å². The largest absolute Gasteiger partial charge is 0.481 e. The summed E-state index contributed by atoms with van der Waals surface area (Å²) in [6.07, 6.45) is 5.04. The number of carboxylic acids is 1. The van der Waals surface area contributed by atoms with Crippen LogP contribution >= 0.6 is 11.3 Å². The van der Waals surface area contributed by atoms with Gasteiger partial charge in [0.1, 0.15) is 5.92 Å². The van der Waals surface area contributed by atoms with Crippen molar-refractivity contribution in [1.82, 2.24) is 9.97 Å². The van der Waals surface area contributed by atoms with Crippen molar-refractivity contribution >= 4 is 22.4 Å². The van der Waals surface area contributed by atoms with Gasteiger partial charge in [-0.15, -0.1) is 11.3 Å². The molecule has 2 N–H and O–H groups in total. The Balaban J connectivity index is 1.77.